The molecular weight excluding hydrogens is 262 g/mol. The van der Waals surface area contributed by atoms with Crippen molar-refractivity contribution in [3.8, 4) is 0 Å². The topological polar surface area (TPSA) is 58.3 Å². The molecule has 1 aromatic heterocycles. The van der Waals surface area contributed by atoms with Gasteiger partial charge in [0.1, 0.15) is 17.5 Å². The Morgan fingerprint density at radius 2 is 1.62 bits per heavy atom. The van der Waals surface area contributed by atoms with Gasteiger partial charge in [0, 0.05) is 36.2 Å². The predicted molar refractivity (Wildman–Crippen MR) is 88.8 cm³/mol. The Morgan fingerprint density at radius 3 is 2.10 bits per heavy atom. The summed E-state index contributed by atoms with van der Waals surface area (Å²) in [5, 5.41) is 0. The van der Waals surface area contributed by atoms with Crippen molar-refractivity contribution in [2.24, 2.45) is 0 Å². The van der Waals surface area contributed by atoms with E-state index in [1.807, 2.05) is 6.92 Å². The zero-order valence-corrected chi connectivity index (χ0v) is 14.4. The summed E-state index contributed by atoms with van der Waals surface area (Å²) >= 11 is 0. The summed E-state index contributed by atoms with van der Waals surface area (Å²) in [5.74, 6) is 2.42. The van der Waals surface area contributed by atoms with E-state index < -0.39 is 0 Å². The van der Waals surface area contributed by atoms with Gasteiger partial charge >= 0.3 is 0 Å². The van der Waals surface area contributed by atoms with Crippen LogP contribution in [0.5, 0.6) is 0 Å². The molecule has 5 heteroatoms. The lowest BCUT2D eigenvalue weighted by Crippen LogP contribution is -2.55. The quantitative estimate of drug-likeness (QED) is 0.859. The zero-order valence-electron chi connectivity index (χ0n) is 14.4. The maximum absolute atomic E-state index is 6.13. The fourth-order valence-corrected chi connectivity index (χ4v) is 2.74. The molecule has 2 N–H and O–H groups in total. The third kappa shape index (κ3) is 3.12. The first-order valence-corrected chi connectivity index (χ1v) is 7.72. The lowest BCUT2D eigenvalue weighted by Gasteiger charge is -2.43. The largest absolute Gasteiger partial charge is 0.383 e. The molecular formula is C16H29N5. The van der Waals surface area contributed by atoms with E-state index in [0.717, 1.165) is 30.3 Å². The Morgan fingerprint density at radius 1 is 1.10 bits per heavy atom. The van der Waals surface area contributed by atoms with Crippen LogP contribution in [-0.4, -0.2) is 47.1 Å². The normalized spacial score (nSPS) is 24.4. The molecule has 0 saturated carbocycles. The molecule has 2 rings (SSSR count). The van der Waals surface area contributed by atoms with Gasteiger partial charge in [-0.05, 0) is 27.8 Å². The van der Waals surface area contributed by atoms with Crippen LogP contribution in [0.1, 0.15) is 46.0 Å². The first-order valence-electron chi connectivity index (χ1n) is 7.72. The van der Waals surface area contributed by atoms with E-state index in [4.69, 9.17) is 10.7 Å². The molecule has 0 bridgehead atoms. The second-order valence-electron chi connectivity index (χ2n) is 7.40. The van der Waals surface area contributed by atoms with Gasteiger partial charge in [-0.3, -0.25) is 4.90 Å². The first kappa shape index (κ1) is 16.0. The smallest absolute Gasteiger partial charge is 0.138 e. The monoisotopic (exact) mass is 291 g/mol. The lowest BCUT2D eigenvalue weighted by molar-refractivity contribution is 0.169. The number of piperazine rings is 1. The van der Waals surface area contributed by atoms with Crippen LogP contribution >= 0.6 is 0 Å². The van der Waals surface area contributed by atoms with Crippen LogP contribution in [0.4, 0.5) is 11.6 Å². The molecule has 1 aliphatic rings. The van der Waals surface area contributed by atoms with E-state index in [0.29, 0.717) is 17.9 Å². The minimum Gasteiger partial charge on any atom is -0.383 e. The van der Waals surface area contributed by atoms with Crippen LogP contribution in [0.2, 0.25) is 0 Å². The molecule has 2 unspecified atom stereocenters. The Hall–Kier alpha value is -1.36. The summed E-state index contributed by atoms with van der Waals surface area (Å²) in [6.45, 7) is 14.8. The minimum absolute atomic E-state index is 0.0968. The Labute approximate surface area is 128 Å². The molecule has 1 saturated heterocycles. The molecule has 21 heavy (non-hydrogen) atoms. The second kappa shape index (κ2) is 5.44. The van der Waals surface area contributed by atoms with E-state index in [1.165, 1.54) is 0 Å². The Kier molecular flexibility index (Phi) is 4.15. The van der Waals surface area contributed by atoms with Crippen molar-refractivity contribution < 1.29 is 0 Å². The summed E-state index contributed by atoms with van der Waals surface area (Å²) in [5.41, 5.74) is 7.03. The molecule has 1 fully saturated rings. The van der Waals surface area contributed by atoms with Crippen LogP contribution in [0.15, 0.2) is 0 Å². The van der Waals surface area contributed by atoms with Crippen molar-refractivity contribution in [3.63, 3.8) is 0 Å². The van der Waals surface area contributed by atoms with Gasteiger partial charge in [-0.1, -0.05) is 20.8 Å². The number of rotatable bonds is 1. The van der Waals surface area contributed by atoms with Crippen LogP contribution in [-0.2, 0) is 5.41 Å². The third-order valence-corrected chi connectivity index (χ3v) is 4.49. The van der Waals surface area contributed by atoms with Gasteiger partial charge in [0.2, 0.25) is 0 Å². The van der Waals surface area contributed by atoms with Crippen molar-refractivity contribution in [3.05, 3.63) is 11.4 Å². The molecule has 5 nitrogen and oxygen atoms in total. The number of hydrogen-bond donors (Lipinski definition) is 1. The number of likely N-dealkylation sites (N-methyl/N-ethyl adjacent to an activating group) is 1. The van der Waals surface area contributed by atoms with Gasteiger partial charge in [0.25, 0.3) is 0 Å². The van der Waals surface area contributed by atoms with E-state index in [2.05, 4.69) is 56.5 Å². The van der Waals surface area contributed by atoms with Crippen LogP contribution < -0.4 is 10.6 Å². The van der Waals surface area contributed by atoms with Crippen molar-refractivity contribution in [1.82, 2.24) is 14.9 Å². The summed E-state index contributed by atoms with van der Waals surface area (Å²) in [4.78, 5) is 14.1. The maximum atomic E-state index is 6.13. The van der Waals surface area contributed by atoms with E-state index in [9.17, 15) is 0 Å². The molecule has 2 atom stereocenters. The number of aromatic nitrogens is 2. The van der Waals surface area contributed by atoms with Gasteiger partial charge < -0.3 is 10.6 Å². The fourth-order valence-electron chi connectivity index (χ4n) is 2.74. The van der Waals surface area contributed by atoms with Gasteiger partial charge in [-0.15, -0.1) is 0 Å². The van der Waals surface area contributed by atoms with Crippen LogP contribution in [0.25, 0.3) is 0 Å². The van der Waals surface area contributed by atoms with Crippen LogP contribution in [0.3, 0.4) is 0 Å². The highest BCUT2D eigenvalue weighted by Gasteiger charge is 2.30. The van der Waals surface area contributed by atoms with Gasteiger partial charge in [0.15, 0.2) is 0 Å². The molecule has 1 aliphatic heterocycles. The Balaban J connectivity index is 2.41. The summed E-state index contributed by atoms with van der Waals surface area (Å²) in [7, 11) is 2.19. The SMILES string of the molecule is Cc1c(N)nc(C(C)(C)C)nc1N1CC(C)N(C)C(C)C1. The van der Waals surface area contributed by atoms with Gasteiger partial charge in [-0.2, -0.15) is 0 Å². The molecule has 1 aromatic rings. The number of nitrogens with zero attached hydrogens (tertiary/aromatic N) is 4. The number of nitrogens with two attached hydrogens (primary N) is 1. The highest BCUT2D eigenvalue weighted by Crippen LogP contribution is 2.29. The number of anilines is 2. The van der Waals surface area contributed by atoms with Crippen LogP contribution in [0, 0.1) is 6.92 Å². The van der Waals surface area contributed by atoms with Crippen molar-refractivity contribution in [2.75, 3.05) is 30.8 Å². The zero-order chi connectivity index (χ0) is 15.9. The molecule has 2 heterocycles. The molecule has 0 spiro atoms. The van der Waals surface area contributed by atoms with Gasteiger partial charge in [0.05, 0.1) is 0 Å². The summed E-state index contributed by atoms with van der Waals surface area (Å²) in [6, 6.07) is 1.00. The highest BCUT2D eigenvalue weighted by atomic mass is 15.3. The first-order chi connectivity index (χ1) is 9.61. The van der Waals surface area contributed by atoms with E-state index >= 15 is 0 Å². The minimum atomic E-state index is -0.0968. The molecule has 0 aromatic carbocycles. The second-order valence-corrected chi connectivity index (χ2v) is 7.40. The maximum Gasteiger partial charge on any atom is 0.138 e. The predicted octanol–water partition coefficient (Wildman–Crippen LogP) is 2.19. The highest BCUT2D eigenvalue weighted by molar-refractivity contribution is 5.57. The molecule has 0 aliphatic carbocycles. The molecule has 118 valence electrons. The Bertz CT molecular complexity index is 508. The van der Waals surface area contributed by atoms with Gasteiger partial charge in [-0.25, -0.2) is 9.97 Å². The lowest BCUT2D eigenvalue weighted by atomic mass is 9.95. The molecule has 0 amide bonds. The fraction of sp³-hybridized carbons (Fsp3) is 0.750. The average Bonchev–Trinajstić information content (AvgIpc) is 2.37. The third-order valence-electron chi connectivity index (χ3n) is 4.49. The van der Waals surface area contributed by atoms with Crippen molar-refractivity contribution in [2.45, 2.75) is 59.0 Å². The summed E-state index contributed by atoms with van der Waals surface area (Å²) in [6.07, 6.45) is 0. The van der Waals surface area contributed by atoms with E-state index in [1.54, 1.807) is 0 Å². The van der Waals surface area contributed by atoms with E-state index in [-0.39, 0.29) is 5.41 Å². The molecule has 0 radical (unpaired) electrons. The number of nitrogen functional groups attached to an aromatic ring is 1. The van der Waals surface area contributed by atoms with Crippen molar-refractivity contribution in [1.29, 1.82) is 0 Å². The van der Waals surface area contributed by atoms with Crippen molar-refractivity contribution >= 4 is 11.6 Å². The number of hydrogen-bond acceptors (Lipinski definition) is 5. The standard InChI is InChI=1S/C16H29N5/c1-10-8-21(9-11(2)20(10)7)14-12(3)13(17)18-15(19-14)16(4,5)6/h10-11H,8-9H2,1-7H3,(H2,17,18,19). The summed E-state index contributed by atoms with van der Waals surface area (Å²) < 4.78 is 0. The average molecular weight is 291 g/mol.